The van der Waals surface area contributed by atoms with E-state index in [-0.39, 0.29) is 17.8 Å². The van der Waals surface area contributed by atoms with Crippen molar-refractivity contribution >= 4 is 13.6 Å². The summed E-state index contributed by atoms with van der Waals surface area (Å²) in [7, 11) is -3.04. The molecule has 0 aliphatic rings. The van der Waals surface area contributed by atoms with Crippen LogP contribution in [0.2, 0.25) is 0 Å². The Hall–Kier alpha value is -0.380. The largest absolute Gasteiger partial charge is 0.466 e. The Kier molecular flexibility index (Phi) is 9.32. The zero-order chi connectivity index (χ0) is 14.9. The van der Waals surface area contributed by atoms with Crippen LogP contribution >= 0.6 is 7.60 Å². The zero-order valence-electron chi connectivity index (χ0n) is 12.7. The average molecular weight is 294 g/mol. The van der Waals surface area contributed by atoms with Crippen molar-refractivity contribution in [2.75, 3.05) is 26.0 Å². The summed E-state index contributed by atoms with van der Waals surface area (Å²) in [5, 5.41) is 0. The Morgan fingerprint density at radius 1 is 1.00 bits per heavy atom. The topological polar surface area (TPSA) is 61.8 Å². The lowest BCUT2D eigenvalue weighted by atomic mass is 9.95. The summed E-state index contributed by atoms with van der Waals surface area (Å²) in [5.74, 6) is -0.0777. The van der Waals surface area contributed by atoms with Gasteiger partial charge in [0, 0.05) is 6.42 Å². The van der Waals surface area contributed by atoms with Crippen LogP contribution in [0.1, 0.15) is 41.0 Å². The van der Waals surface area contributed by atoms with Crippen molar-refractivity contribution in [3.8, 4) is 0 Å². The second-order valence-electron chi connectivity index (χ2n) is 4.59. The van der Waals surface area contributed by atoms with Crippen LogP contribution < -0.4 is 0 Å². The molecule has 0 aliphatic heterocycles. The van der Waals surface area contributed by atoms with Crippen LogP contribution in [0.5, 0.6) is 0 Å². The predicted molar refractivity (Wildman–Crippen MR) is 75.3 cm³/mol. The maximum absolute atomic E-state index is 12.4. The van der Waals surface area contributed by atoms with E-state index in [9.17, 15) is 9.36 Å². The van der Waals surface area contributed by atoms with E-state index in [4.69, 9.17) is 13.8 Å². The minimum Gasteiger partial charge on any atom is -0.466 e. The Morgan fingerprint density at radius 3 is 1.95 bits per heavy atom. The van der Waals surface area contributed by atoms with Gasteiger partial charge >= 0.3 is 13.6 Å². The molecule has 0 saturated heterocycles. The molecule has 114 valence electrons. The first-order chi connectivity index (χ1) is 8.88. The van der Waals surface area contributed by atoms with Crippen molar-refractivity contribution in [3.05, 3.63) is 0 Å². The SMILES string of the molecule is CCOC(=O)CC(C)C(C)CP(=O)(OCC)OCC. The fraction of sp³-hybridized carbons (Fsp3) is 0.923. The van der Waals surface area contributed by atoms with E-state index in [0.29, 0.717) is 32.4 Å². The molecule has 0 aromatic rings. The van der Waals surface area contributed by atoms with E-state index in [2.05, 4.69) is 0 Å². The zero-order valence-corrected chi connectivity index (χ0v) is 13.6. The summed E-state index contributed by atoms with van der Waals surface area (Å²) in [5.41, 5.74) is 0. The molecule has 0 aromatic heterocycles. The molecule has 0 rings (SSSR count). The number of esters is 1. The Balaban J connectivity index is 4.42. The molecule has 0 radical (unpaired) electrons. The summed E-state index contributed by atoms with van der Waals surface area (Å²) >= 11 is 0. The molecule has 0 spiro atoms. The van der Waals surface area contributed by atoms with Crippen molar-refractivity contribution in [2.45, 2.75) is 41.0 Å². The maximum Gasteiger partial charge on any atom is 0.330 e. The second kappa shape index (κ2) is 9.51. The lowest BCUT2D eigenvalue weighted by molar-refractivity contribution is -0.144. The molecule has 5 nitrogen and oxygen atoms in total. The molecule has 0 saturated carbocycles. The van der Waals surface area contributed by atoms with E-state index in [0.717, 1.165) is 0 Å². The van der Waals surface area contributed by atoms with Crippen LogP contribution in [-0.2, 0) is 23.1 Å². The third kappa shape index (κ3) is 7.71. The second-order valence-corrected chi connectivity index (χ2v) is 6.70. The highest BCUT2D eigenvalue weighted by molar-refractivity contribution is 7.53. The van der Waals surface area contributed by atoms with Gasteiger partial charge in [-0.15, -0.1) is 0 Å². The number of hydrogen-bond acceptors (Lipinski definition) is 5. The van der Waals surface area contributed by atoms with Gasteiger partial charge in [0.25, 0.3) is 0 Å². The highest BCUT2D eigenvalue weighted by Crippen LogP contribution is 2.50. The lowest BCUT2D eigenvalue weighted by Crippen LogP contribution is -2.19. The first-order valence-corrected chi connectivity index (χ1v) is 8.65. The van der Waals surface area contributed by atoms with E-state index in [1.54, 1.807) is 20.8 Å². The number of rotatable bonds is 10. The molecule has 2 unspecified atom stereocenters. The van der Waals surface area contributed by atoms with Crippen LogP contribution in [0, 0.1) is 11.8 Å². The van der Waals surface area contributed by atoms with Gasteiger partial charge in [0.2, 0.25) is 0 Å². The number of carbonyl (C=O) groups is 1. The highest BCUT2D eigenvalue weighted by atomic mass is 31.2. The fourth-order valence-corrected chi connectivity index (χ4v) is 3.89. The van der Waals surface area contributed by atoms with Crippen LogP contribution in [0.25, 0.3) is 0 Å². The van der Waals surface area contributed by atoms with Gasteiger partial charge in [-0.2, -0.15) is 0 Å². The smallest absolute Gasteiger partial charge is 0.330 e. The molecule has 19 heavy (non-hydrogen) atoms. The van der Waals surface area contributed by atoms with Crippen LogP contribution in [0.3, 0.4) is 0 Å². The van der Waals surface area contributed by atoms with Crippen LogP contribution in [0.15, 0.2) is 0 Å². The van der Waals surface area contributed by atoms with E-state index >= 15 is 0 Å². The summed E-state index contributed by atoms with van der Waals surface area (Å²) in [6, 6.07) is 0. The summed E-state index contributed by atoms with van der Waals surface area (Å²) in [6.45, 7) is 10.4. The number of ether oxygens (including phenoxy) is 1. The molecule has 0 fully saturated rings. The van der Waals surface area contributed by atoms with Crippen molar-refractivity contribution in [1.82, 2.24) is 0 Å². The standard InChI is InChI=1S/C13H27O5P/c1-6-16-13(14)9-11(4)12(5)10-19(15,17-7-2)18-8-3/h11-12H,6-10H2,1-5H3. The summed E-state index contributed by atoms with van der Waals surface area (Å²) < 4.78 is 27.8. The molecule has 6 heteroatoms. The molecule has 0 aliphatic carbocycles. The van der Waals surface area contributed by atoms with Crippen molar-refractivity contribution in [3.63, 3.8) is 0 Å². The third-order valence-electron chi connectivity index (χ3n) is 2.93. The minimum atomic E-state index is -3.04. The fourth-order valence-electron chi connectivity index (χ4n) is 1.75. The van der Waals surface area contributed by atoms with Crippen LogP contribution in [0.4, 0.5) is 0 Å². The van der Waals surface area contributed by atoms with Gasteiger partial charge in [-0.25, -0.2) is 0 Å². The molecule has 0 amide bonds. The minimum absolute atomic E-state index is 0.0633. The molecule has 0 N–H and O–H groups in total. The Morgan fingerprint density at radius 2 is 1.53 bits per heavy atom. The monoisotopic (exact) mass is 294 g/mol. The predicted octanol–water partition coefficient (Wildman–Crippen LogP) is 3.48. The quantitative estimate of drug-likeness (QED) is 0.456. The maximum atomic E-state index is 12.4. The molecular weight excluding hydrogens is 267 g/mol. The summed E-state index contributed by atoms with van der Waals surface area (Å²) in [4.78, 5) is 11.4. The first kappa shape index (κ1) is 18.6. The van der Waals surface area contributed by atoms with Crippen molar-refractivity contribution in [1.29, 1.82) is 0 Å². The third-order valence-corrected chi connectivity index (χ3v) is 5.25. The van der Waals surface area contributed by atoms with E-state index in [1.165, 1.54) is 0 Å². The highest BCUT2D eigenvalue weighted by Gasteiger charge is 2.29. The number of carbonyl (C=O) groups excluding carboxylic acids is 1. The van der Waals surface area contributed by atoms with E-state index in [1.807, 2.05) is 13.8 Å². The van der Waals surface area contributed by atoms with Gasteiger partial charge in [-0.05, 0) is 32.6 Å². The van der Waals surface area contributed by atoms with Gasteiger partial charge in [-0.3, -0.25) is 9.36 Å². The van der Waals surface area contributed by atoms with Gasteiger partial charge in [0.15, 0.2) is 0 Å². The molecular formula is C13H27O5P. The van der Waals surface area contributed by atoms with Gasteiger partial charge in [0.05, 0.1) is 26.0 Å². The molecule has 2 atom stereocenters. The average Bonchev–Trinajstić information content (AvgIpc) is 2.29. The molecule has 0 heterocycles. The normalized spacial score (nSPS) is 15.0. The van der Waals surface area contributed by atoms with Crippen molar-refractivity contribution < 1.29 is 23.1 Å². The van der Waals surface area contributed by atoms with Crippen LogP contribution in [-0.4, -0.2) is 32.0 Å². The van der Waals surface area contributed by atoms with Gasteiger partial charge in [-0.1, -0.05) is 13.8 Å². The summed E-state index contributed by atoms with van der Waals surface area (Å²) in [6.07, 6.45) is 0.655. The van der Waals surface area contributed by atoms with Gasteiger partial charge in [0.1, 0.15) is 0 Å². The Labute approximate surface area is 116 Å². The van der Waals surface area contributed by atoms with Gasteiger partial charge < -0.3 is 13.8 Å². The number of hydrogen-bond donors (Lipinski definition) is 0. The molecule has 0 bridgehead atoms. The molecule has 0 aromatic carbocycles. The Bertz CT molecular complexity index is 295. The van der Waals surface area contributed by atoms with Crippen molar-refractivity contribution in [2.24, 2.45) is 11.8 Å². The van der Waals surface area contributed by atoms with E-state index < -0.39 is 7.60 Å². The first-order valence-electron chi connectivity index (χ1n) is 6.92. The lowest BCUT2D eigenvalue weighted by Gasteiger charge is -2.24.